The Morgan fingerprint density at radius 3 is 2.59 bits per heavy atom. The molecule has 0 amide bonds. The molecule has 17 heavy (non-hydrogen) atoms. The van der Waals surface area contributed by atoms with Gasteiger partial charge in [-0.05, 0) is 34.6 Å². The summed E-state index contributed by atoms with van der Waals surface area (Å²) in [5, 5.41) is 0. The van der Waals surface area contributed by atoms with Gasteiger partial charge in [-0.15, -0.1) is 0 Å². The van der Waals surface area contributed by atoms with Crippen LogP contribution in [0.5, 0.6) is 0 Å². The summed E-state index contributed by atoms with van der Waals surface area (Å²) in [7, 11) is 0. The molecule has 1 saturated heterocycles. The van der Waals surface area contributed by atoms with Crippen LogP contribution < -0.4 is 0 Å². The van der Waals surface area contributed by atoms with Gasteiger partial charge in [0.1, 0.15) is 6.10 Å². The number of ether oxygens (including phenoxy) is 3. The number of ketones is 1. The molecule has 4 nitrogen and oxygen atoms in total. The van der Waals surface area contributed by atoms with E-state index >= 15 is 0 Å². The van der Waals surface area contributed by atoms with Crippen molar-refractivity contribution in [1.29, 1.82) is 0 Å². The predicted molar refractivity (Wildman–Crippen MR) is 62.6 cm³/mol. The summed E-state index contributed by atoms with van der Waals surface area (Å²) in [6.45, 7) is 10.3. The van der Waals surface area contributed by atoms with E-state index in [1.165, 1.54) is 0 Å². The molecule has 1 aliphatic heterocycles. The Morgan fingerprint density at radius 2 is 2.00 bits per heavy atom. The zero-order valence-corrected chi connectivity index (χ0v) is 11.3. The number of rotatable bonds is 2. The molecule has 0 spiro atoms. The van der Waals surface area contributed by atoms with E-state index < -0.39 is 11.9 Å². The molecule has 0 aromatic heterocycles. The fourth-order valence-electron chi connectivity index (χ4n) is 2.38. The molecule has 0 aromatic rings. The van der Waals surface area contributed by atoms with Gasteiger partial charge in [-0.1, -0.05) is 0 Å². The molecular formula is C13H22O4. The third-order valence-corrected chi connectivity index (χ3v) is 3.10. The van der Waals surface area contributed by atoms with Crippen LogP contribution in [0.4, 0.5) is 0 Å². The molecule has 98 valence electrons. The van der Waals surface area contributed by atoms with Crippen LogP contribution in [0.2, 0.25) is 0 Å². The molecule has 2 fully saturated rings. The van der Waals surface area contributed by atoms with Gasteiger partial charge < -0.3 is 14.2 Å². The fraction of sp³-hybridized carbons (Fsp3) is 0.923. The Kier molecular flexibility index (Phi) is 3.09. The minimum Gasteiger partial charge on any atom is -0.375 e. The normalized spacial score (nSPS) is 36.3. The number of carbonyl (C=O) groups excluding carboxylic acids is 1. The summed E-state index contributed by atoms with van der Waals surface area (Å²) in [4.78, 5) is 11.8. The Balaban J connectivity index is 1.99. The van der Waals surface area contributed by atoms with Gasteiger partial charge >= 0.3 is 0 Å². The molecule has 0 radical (unpaired) electrons. The van der Waals surface area contributed by atoms with Crippen molar-refractivity contribution in [2.45, 2.75) is 64.6 Å². The first-order valence-corrected chi connectivity index (χ1v) is 6.20. The lowest BCUT2D eigenvalue weighted by Crippen LogP contribution is -2.31. The quantitative estimate of drug-likeness (QED) is 0.742. The van der Waals surface area contributed by atoms with Crippen LogP contribution in [-0.2, 0) is 19.0 Å². The minimum atomic E-state index is -0.647. The molecule has 0 bridgehead atoms. The number of Topliss-reactive ketones (excluding diaryl/α,β-unsaturated/α-hetero) is 1. The van der Waals surface area contributed by atoms with E-state index in [9.17, 15) is 4.79 Å². The van der Waals surface area contributed by atoms with E-state index in [1.54, 1.807) is 0 Å². The molecule has 1 saturated carbocycles. The number of fused-ring (bicyclic) bond motifs is 1. The van der Waals surface area contributed by atoms with Crippen LogP contribution in [0.15, 0.2) is 0 Å². The van der Waals surface area contributed by atoms with Crippen molar-refractivity contribution in [3.05, 3.63) is 0 Å². The summed E-state index contributed by atoms with van der Waals surface area (Å²) in [5.74, 6) is -0.387. The van der Waals surface area contributed by atoms with Crippen LogP contribution in [0.1, 0.15) is 41.0 Å². The average molecular weight is 242 g/mol. The third-order valence-electron chi connectivity index (χ3n) is 3.10. The standard InChI is InChI=1S/C13H22O4/c1-12(2,3)15-7-8-6-9(14)11-10(8)16-13(4,5)17-11/h8,10-11H,6-7H2,1-5H3/t8-,10-,11+/m0/s1. The lowest BCUT2D eigenvalue weighted by molar-refractivity contribution is -0.166. The Labute approximate surface area is 103 Å². The van der Waals surface area contributed by atoms with Crippen molar-refractivity contribution in [2.24, 2.45) is 5.92 Å². The second-order valence-corrected chi connectivity index (χ2v) is 6.37. The zero-order chi connectivity index (χ0) is 12.8. The maximum Gasteiger partial charge on any atom is 0.164 e. The van der Waals surface area contributed by atoms with E-state index in [0.29, 0.717) is 13.0 Å². The van der Waals surface area contributed by atoms with E-state index in [2.05, 4.69) is 0 Å². The van der Waals surface area contributed by atoms with Crippen molar-refractivity contribution >= 4 is 5.78 Å². The van der Waals surface area contributed by atoms with Gasteiger partial charge in [0.05, 0.1) is 18.3 Å². The van der Waals surface area contributed by atoms with Gasteiger partial charge in [0.2, 0.25) is 0 Å². The van der Waals surface area contributed by atoms with Crippen LogP contribution in [0, 0.1) is 5.92 Å². The minimum absolute atomic E-state index is 0.119. The molecule has 4 heteroatoms. The van der Waals surface area contributed by atoms with Gasteiger partial charge in [0.25, 0.3) is 0 Å². The SMILES string of the molecule is CC(C)(C)OC[C@@H]1CC(=O)[C@H]2OC(C)(C)O[C@@H]12. The zero-order valence-electron chi connectivity index (χ0n) is 11.3. The third kappa shape index (κ3) is 2.87. The van der Waals surface area contributed by atoms with Crippen molar-refractivity contribution in [3.63, 3.8) is 0 Å². The van der Waals surface area contributed by atoms with Crippen molar-refractivity contribution in [1.82, 2.24) is 0 Å². The molecular weight excluding hydrogens is 220 g/mol. The molecule has 0 aromatic carbocycles. The number of hydrogen-bond acceptors (Lipinski definition) is 4. The van der Waals surface area contributed by atoms with Crippen LogP contribution in [0.25, 0.3) is 0 Å². The van der Waals surface area contributed by atoms with E-state index in [0.717, 1.165) is 0 Å². The molecule has 1 heterocycles. The number of carbonyl (C=O) groups is 1. The first kappa shape index (κ1) is 13.0. The number of hydrogen-bond donors (Lipinski definition) is 0. The lowest BCUT2D eigenvalue weighted by atomic mass is 10.1. The van der Waals surface area contributed by atoms with E-state index in [-0.39, 0.29) is 23.4 Å². The molecule has 0 unspecified atom stereocenters. The average Bonchev–Trinajstić information content (AvgIpc) is 2.58. The van der Waals surface area contributed by atoms with Gasteiger partial charge in [-0.25, -0.2) is 0 Å². The van der Waals surface area contributed by atoms with Gasteiger partial charge in [-0.2, -0.15) is 0 Å². The van der Waals surface area contributed by atoms with Crippen molar-refractivity contribution in [2.75, 3.05) is 6.61 Å². The monoisotopic (exact) mass is 242 g/mol. The Hall–Kier alpha value is -0.450. The highest BCUT2D eigenvalue weighted by atomic mass is 16.8. The van der Waals surface area contributed by atoms with Gasteiger partial charge in [0, 0.05) is 12.3 Å². The van der Waals surface area contributed by atoms with Crippen LogP contribution >= 0.6 is 0 Å². The molecule has 2 aliphatic rings. The summed E-state index contributed by atoms with van der Waals surface area (Å²) in [6.07, 6.45) is -0.0278. The van der Waals surface area contributed by atoms with Crippen LogP contribution in [0.3, 0.4) is 0 Å². The smallest absolute Gasteiger partial charge is 0.164 e. The molecule has 2 rings (SSSR count). The topological polar surface area (TPSA) is 44.8 Å². The fourth-order valence-corrected chi connectivity index (χ4v) is 2.38. The summed E-state index contributed by atoms with van der Waals surface area (Å²) < 4.78 is 17.2. The first-order chi connectivity index (χ1) is 7.68. The van der Waals surface area contributed by atoms with E-state index in [1.807, 2.05) is 34.6 Å². The summed E-state index contributed by atoms with van der Waals surface area (Å²) in [5.41, 5.74) is -0.184. The first-order valence-electron chi connectivity index (χ1n) is 6.20. The highest BCUT2D eigenvalue weighted by molar-refractivity contribution is 5.86. The lowest BCUT2D eigenvalue weighted by Gasteiger charge is -2.25. The Morgan fingerprint density at radius 1 is 1.35 bits per heavy atom. The maximum atomic E-state index is 11.8. The highest BCUT2D eigenvalue weighted by Crippen LogP contribution is 2.40. The second kappa shape index (κ2) is 4.04. The van der Waals surface area contributed by atoms with Gasteiger partial charge in [0.15, 0.2) is 11.6 Å². The summed E-state index contributed by atoms with van der Waals surface area (Å²) >= 11 is 0. The predicted octanol–water partition coefficient (Wildman–Crippen LogP) is 1.91. The molecule has 0 N–H and O–H groups in total. The van der Waals surface area contributed by atoms with Crippen molar-refractivity contribution < 1.29 is 19.0 Å². The van der Waals surface area contributed by atoms with Crippen LogP contribution in [-0.4, -0.2) is 36.0 Å². The highest BCUT2D eigenvalue weighted by Gasteiger charge is 2.53. The second-order valence-electron chi connectivity index (χ2n) is 6.37. The molecule has 1 aliphatic carbocycles. The van der Waals surface area contributed by atoms with Gasteiger partial charge in [-0.3, -0.25) is 4.79 Å². The molecule has 3 atom stereocenters. The maximum absolute atomic E-state index is 11.8. The summed E-state index contributed by atoms with van der Waals surface area (Å²) in [6, 6.07) is 0. The van der Waals surface area contributed by atoms with Crippen molar-refractivity contribution in [3.8, 4) is 0 Å². The van der Waals surface area contributed by atoms with E-state index in [4.69, 9.17) is 14.2 Å². The Bertz CT molecular complexity index is 316. The largest absolute Gasteiger partial charge is 0.375 e.